The van der Waals surface area contributed by atoms with E-state index in [1.807, 2.05) is 0 Å². The summed E-state index contributed by atoms with van der Waals surface area (Å²) in [7, 11) is 0. The molecule has 1 fully saturated rings. The second-order valence-electron chi connectivity index (χ2n) is 4.78. The maximum atomic E-state index is 5.48. The monoisotopic (exact) mass is 328 g/mol. The molecule has 19 heavy (non-hydrogen) atoms. The fraction of sp³-hybridized carbons (Fsp3) is 0.692. The molecule has 1 aromatic rings. The topological polar surface area (TPSA) is 59.1 Å². The standard InChI is InChI=1S/C13H21BrN4O/c1-2-5-15-13-17-8-11(14)12(18-13)16-7-10-4-3-6-19-9-10/h8,10H,2-7,9H2,1H3,(H2,15,16,17,18). The summed E-state index contributed by atoms with van der Waals surface area (Å²) in [4.78, 5) is 8.71. The molecule has 0 aromatic carbocycles. The Morgan fingerprint density at radius 1 is 1.47 bits per heavy atom. The van der Waals surface area contributed by atoms with Gasteiger partial charge in [-0.05, 0) is 41.1 Å². The van der Waals surface area contributed by atoms with E-state index in [2.05, 4.69) is 43.5 Å². The highest BCUT2D eigenvalue weighted by Crippen LogP contribution is 2.21. The van der Waals surface area contributed by atoms with Crippen molar-refractivity contribution in [2.24, 2.45) is 5.92 Å². The molecule has 2 rings (SSSR count). The lowest BCUT2D eigenvalue weighted by Crippen LogP contribution is -2.24. The first kappa shape index (κ1) is 14.5. The van der Waals surface area contributed by atoms with Gasteiger partial charge in [-0.2, -0.15) is 4.98 Å². The van der Waals surface area contributed by atoms with E-state index >= 15 is 0 Å². The van der Waals surface area contributed by atoms with Crippen molar-refractivity contribution in [2.45, 2.75) is 26.2 Å². The summed E-state index contributed by atoms with van der Waals surface area (Å²) in [5.74, 6) is 2.09. The van der Waals surface area contributed by atoms with E-state index in [4.69, 9.17) is 4.74 Å². The first-order valence-corrected chi connectivity index (χ1v) is 7.67. The van der Waals surface area contributed by atoms with Crippen molar-refractivity contribution < 1.29 is 4.74 Å². The average molecular weight is 329 g/mol. The molecule has 106 valence electrons. The Kier molecular flexibility index (Phi) is 5.85. The highest BCUT2D eigenvalue weighted by molar-refractivity contribution is 9.10. The van der Waals surface area contributed by atoms with Crippen LogP contribution in [0.3, 0.4) is 0 Å². The van der Waals surface area contributed by atoms with Crippen molar-refractivity contribution in [2.75, 3.05) is 36.9 Å². The van der Waals surface area contributed by atoms with Crippen molar-refractivity contribution in [1.29, 1.82) is 0 Å². The van der Waals surface area contributed by atoms with Gasteiger partial charge in [0.05, 0.1) is 11.1 Å². The van der Waals surface area contributed by atoms with Crippen LogP contribution in [0.15, 0.2) is 10.7 Å². The van der Waals surface area contributed by atoms with Crippen LogP contribution in [0, 0.1) is 5.92 Å². The molecule has 5 nitrogen and oxygen atoms in total. The highest BCUT2D eigenvalue weighted by atomic mass is 79.9. The Morgan fingerprint density at radius 3 is 3.11 bits per heavy atom. The highest BCUT2D eigenvalue weighted by Gasteiger charge is 2.14. The number of rotatable bonds is 6. The van der Waals surface area contributed by atoms with E-state index in [-0.39, 0.29) is 0 Å². The Morgan fingerprint density at radius 2 is 2.37 bits per heavy atom. The molecular weight excluding hydrogens is 308 g/mol. The maximum absolute atomic E-state index is 5.48. The summed E-state index contributed by atoms with van der Waals surface area (Å²) < 4.78 is 6.38. The van der Waals surface area contributed by atoms with Gasteiger partial charge in [-0.3, -0.25) is 0 Å². The lowest BCUT2D eigenvalue weighted by molar-refractivity contribution is 0.0595. The van der Waals surface area contributed by atoms with Gasteiger partial charge in [0.15, 0.2) is 0 Å². The predicted octanol–water partition coefficient (Wildman–Crippen LogP) is 2.90. The molecule has 1 unspecified atom stereocenters. The van der Waals surface area contributed by atoms with Gasteiger partial charge in [-0.15, -0.1) is 0 Å². The predicted molar refractivity (Wildman–Crippen MR) is 80.5 cm³/mol. The number of halogens is 1. The molecule has 0 radical (unpaired) electrons. The van der Waals surface area contributed by atoms with Crippen molar-refractivity contribution in [3.05, 3.63) is 10.7 Å². The Balaban J connectivity index is 1.90. The van der Waals surface area contributed by atoms with Crippen LogP contribution in [0.1, 0.15) is 26.2 Å². The van der Waals surface area contributed by atoms with Gasteiger partial charge in [0.2, 0.25) is 5.95 Å². The minimum Gasteiger partial charge on any atom is -0.381 e. The normalized spacial score (nSPS) is 19.2. The summed E-state index contributed by atoms with van der Waals surface area (Å²) in [6.07, 6.45) is 5.21. The molecule has 0 amide bonds. The van der Waals surface area contributed by atoms with E-state index in [1.54, 1.807) is 6.20 Å². The molecular formula is C13H21BrN4O. The second kappa shape index (κ2) is 7.65. The van der Waals surface area contributed by atoms with Gasteiger partial charge < -0.3 is 15.4 Å². The molecule has 1 aliphatic rings. The molecule has 1 atom stereocenters. The summed E-state index contributed by atoms with van der Waals surface area (Å²) in [5, 5.41) is 6.57. The van der Waals surface area contributed by atoms with Crippen LogP contribution >= 0.6 is 15.9 Å². The third kappa shape index (κ3) is 4.62. The Hall–Kier alpha value is -0.880. The fourth-order valence-electron chi connectivity index (χ4n) is 2.02. The zero-order chi connectivity index (χ0) is 13.5. The Labute approximate surface area is 122 Å². The molecule has 1 saturated heterocycles. The molecule has 0 saturated carbocycles. The molecule has 0 spiro atoms. The average Bonchev–Trinajstić information content (AvgIpc) is 2.46. The zero-order valence-corrected chi connectivity index (χ0v) is 12.9. The first-order valence-electron chi connectivity index (χ1n) is 6.87. The zero-order valence-electron chi connectivity index (χ0n) is 11.3. The molecule has 1 aliphatic heterocycles. The number of ether oxygens (including phenoxy) is 1. The summed E-state index contributed by atoms with van der Waals surface area (Å²) >= 11 is 3.48. The van der Waals surface area contributed by atoms with Gasteiger partial charge in [0.1, 0.15) is 5.82 Å². The van der Waals surface area contributed by atoms with E-state index in [0.29, 0.717) is 11.9 Å². The van der Waals surface area contributed by atoms with Crippen molar-refractivity contribution in [3.63, 3.8) is 0 Å². The van der Waals surface area contributed by atoms with E-state index < -0.39 is 0 Å². The number of nitrogens with zero attached hydrogens (tertiary/aromatic N) is 2. The molecule has 0 bridgehead atoms. The van der Waals surface area contributed by atoms with Gasteiger partial charge in [-0.25, -0.2) is 4.98 Å². The van der Waals surface area contributed by atoms with Crippen LogP contribution in [0.2, 0.25) is 0 Å². The summed E-state index contributed by atoms with van der Waals surface area (Å²) in [6, 6.07) is 0. The summed E-state index contributed by atoms with van der Waals surface area (Å²) in [6.45, 7) is 5.64. The Bertz CT molecular complexity index is 396. The SMILES string of the molecule is CCCNc1ncc(Br)c(NCC2CCCOC2)n1. The number of anilines is 2. The smallest absolute Gasteiger partial charge is 0.224 e. The van der Waals surface area contributed by atoms with E-state index in [9.17, 15) is 0 Å². The minimum atomic E-state index is 0.572. The fourth-order valence-corrected chi connectivity index (χ4v) is 2.35. The van der Waals surface area contributed by atoms with Crippen molar-refractivity contribution >= 4 is 27.7 Å². The maximum Gasteiger partial charge on any atom is 0.224 e. The quantitative estimate of drug-likeness (QED) is 0.840. The third-order valence-corrected chi connectivity index (χ3v) is 3.67. The largest absolute Gasteiger partial charge is 0.381 e. The van der Waals surface area contributed by atoms with Gasteiger partial charge in [0, 0.05) is 25.9 Å². The van der Waals surface area contributed by atoms with Gasteiger partial charge in [0.25, 0.3) is 0 Å². The van der Waals surface area contributed by atoms with Gasteiger partial charge in [-0.1, -0.05) is 6.92 Å². The second-order valence-corrected chi connectivity index (χ2v) is 5.64. The van der Waals surface area contributed by atoms with E-state index in [0.717, 1.165) is 49.4 Å². The molecule has 2 N–H and O–H groups in total. The number of hydrogen-bond acceptors (Lipinski definition) is 5. The lowest BCUT2D eigenvalue weighted by atomic mass is 10.0. The number of nitrogens with one attached hydrogen (secondary N) is 2. The summed E-state index contributed by atoms with van der Waals surface area (Å²) in [5.41, 5.74) is 0. The van der Waals surface area contributed by atoms with E-state index in [1.165, 1.54) is 6.42 Å². The third-order valence-electron chi connectivity index (χ3n) is 3.09. The van der Waals surface area contributed by atoms with Crippen LogP contribution in [0.5, 0.6) is 0 Å². The van der Waals surface area contributed by atoms with Crippen LogP contribution in [0.4, 0.5) is 11.8 Å². The van der Waals surface area contributed by atoms with Crippen molar-refractivity contribution in [1.82, 2.24) is 9.97 Å². The van der Waals surface area contributed by atoms with Crippen LogP contribution in [-0.2, 0) is 4.74 Å². The number of aromatic nitrogens is 2. The van der Waals surface area contributed by atoms with Crippen LogP contribution in [0.25, 0.3) is 0 Å². The van der Waals surface area contributed by atoms with Crippen molar-refractivity contribution in [3.8, 4) is 0 Å². The van der Waals surface area contributed by atoms with Crippen LogP contribution in [-0.4, -0.2) is 36.3 Å². The first-order chi connectivity index (χ1) is 9.29. The minimum absolute atomic E-state index is 0.572. The molecule has 2 heterocycles. The number of hydrogen-bond donors (Lipinski definition) is 2. The van der Waals surface area contributed by atoms with Gasteiger partial charge >= 0.3 is 0 Å². The molecule has 1 aromatic heterocycles. The van der Waals surface area contributed by atoms with Crippen LogP contribution < -0.4 is 10.6 Å². The lowest BCUT2D eigenvalue weighted by Gasteiger charge is -2.22. The molecule has 6 heteroatoms. The molecule has 0 aliphatic carbocycles.